The van der Waals surface area contributed by atoms with Gasteiger partial charge < -0.3 is 15.0 Å². The number of aromatic nitrogens is 2. The fourth-order valence-electron chi connectivity index (χ4n) is 3.89. The zero-order chi connectivity index (χ0) is 21.5. The third-order valence-corrected chi connectivity index (χ3v) is 6.83. The highest BCUT2D eigenvalue weighted by Gasteiger charge is 2.24. The summed E-state index contributed by atoms with van der Waals surface area (Å²) in [7, 11) is 0. The number of hydrogen-bond donors (Lipinski definition) is 1. The molecule has 1 saturated heterocycles. The molecule has 1 amide bonds. The highest BCUT2D eigenvalue weighted by Crippen LogP contribution is 2.23. The first-order valence-electron chi connectivity index (χ1n) is 10.8. The number of piperidine rings is 1. The second-order valence-electron chi connectivity index (χ2n) is 7.81. The Morgan fingerprint density at radius 1 is 1.30 bits per heavy atom. The average Bonchev–Trinajstić information content (AvgIpc) is 3.14. The summed E-state index contributed by atoms with van der Waals surface area (Å²) in [5, 5.41) is 8.76. The standard InChI is InChI=1S/C22H31IN4O3/c1-3-30-20(28)9-6-12-26-13-10-17(11-14-26)24-22(29)21-18-7-4-5-8-19(18)27(25-21)16(2)15-23/h4-5,7-8,16-17H,3,6,9-15H2,1-2H3,(H,24,29). The van der Waals surface area contributed by atoms with Crippen LogP contribution in [0.3, 0.4) is 0 Å². The number of nitrogens with one attached hydrogen (secondary N) is 1. The summed E-state index contributed by atoms with van der Waals surface area (Å²) in [4.78, 5) is 26.8. The Hall–Kier alpha value is -1.68. The van der Waals surface area contributed by atoms with E-state index in [0.717, 1.165) is 54.2 Å². The topological polar surface area (TPSA) is 76.5 Å². The Bertz CT molecular complexity index is 861. The van der Waals surface area contributed by atoms with Crippen LogP contribution in [0.2, 0.25) is 0 Å². The first-order valence-corrected chi connectivity index (χ1v) is 12.3. The van der Waals surface area contributed by atoms with Crippen LogP contribution in [-0.4, -0.2) is 63.3 Å². The fraction of sp³-hybridized carbons (Fsp3) is 0.591. The lowest BCUT2D eigenvalue weighted by Crippen LogP contribution is -2.45. The molecule has 0 spiro atoms. The molecular weight excluding hydrogens is 495 g/mol. The van der Waals surface area contributed by atoms with E-state index in [4.69, 9.17) is 4.74 Å². The maximum absolute atomic E-state index is 13.0. The molecule has 164 valence electrons. The lowest BCUT2D eigenvalue weighted by atomic mass is 10.0. The van der Waals surface area contributed by atoms with Gasteiger partial charge in [0.15, 0.2) is 5.69 Å². The number of carbonyl (C=O) groups is 2. The molecule has 8 heteroatoms. The van der Waals surface area contributed by atoms with Gasteiger partial charge in [0.2, 0.25) is 0 Å². The van der Waals surface area contributed by atoms with Crippen molar-refractivity contribution in [3.8, 4) is 0 Å². The molecule has 1 aromatic heterocycles. The molecule has 0 radical (unpaired) electrons. The SMILES string of the molecule is CCOC(=O)CCCN1CCC(NC(=O)c2nn(C(C)CI)c3ccccc23)CC1. The molecule has 2 heterocycles. The van der Waals surface area contributed by atoms with Gasteiger partial charge in [0.05, 0.1) is 18.2 Å². The number of amides is 1. The molecule has 0 bridgehead atoms. The van der Waals surface area contributed by atoms with Crippen molar-refractivity contribution in [3.05, 3.63) is 30.0 Å². The summed E-state index contributed by atoms with van der Waals surface area (Å²) in [5.41, 5.74) is 1.52. The molecule has 3 rings (SSSR count). The maximum atomic E-state index is 13.0. The second-order valence-corrected chi connectivity index (χ2v) is 8.69. The fourth-order valence-corrected chi connectivity index (χ4v) is 4.27. The molecule has 30 heavy (non-hydrogen) atoms. The van der Waals surface area contributed by atoms with Gasteiger partial charge in [-0.1, -0.05) is 40.8 Å². The monoisotopic (exact) mass is 526 g/mol. The Labute approximate surface area is 191 Å². The van der Waals surface area contributed by atoms with Gasteiger partial charge in [-0.3, -0.25) is 14.3 Å². The predicted molar refractivity (Wildman–Crippen MR) is 126 cm³/mol. The second kappa shape index (κ2) is 11.1. The largest absolute Gasteiger partial charge is 0.466 e. The van der Waals surface area contributed by atoms with Crippen molar-refractivity contribution in [3.63, 3.8) is 0 Å². The van der Waals surface area contributed by atoms with Crippen LogP contribution < -0.4 is 5.32 Å². The van der Waals surface area contributed by atoms with Crippen molar-refractivity contribution >= 4 is 45.4 Å². The number of halogens is 1. The lowest BCUT2D eigenvalue weighted by Gasteiger charge is -2.32. The average molecular weight is 526 g/mol. The van der Waals surface area contributed by atoms with Crippen LogP contribution in [0.4, 0.5) is 0 Å². The maximum Gasteiger partial charge on any atom is 0.305 e. The number of para-hydroxylation sites is 1. The summed E-state index contributed by atoms with van der Waals surface area (Å²) in [6, 6.07) is 8.32. The minimum atomic E-state index is -0.122. The van der Waals surface area contributed by atoms with Gasteiger partial charge in [-0.05, 0) is 45.7 Å². The number of hydrogen-bond acceptors (Lipinski definition) is 5. The molecule has 7 nitrogen and oxygen atoms in total. The molecular formula is C22H31IN4O3. The van der Waals surface area contributed by atoms with Gasteiger partial charge in [-0.25, -0.2) is 0 Å². The number of fused-ring (bicyclic) bond motifs is 1. The summed E-state index contributed by atoms with van der Waals surface area (Å²) in [6.45, 7) is 7.13. The van der Waals surface area contributed by atoms with Crippen LogP contribution in [-0.2, 0) is 9.53 Å². The highest BCUT2D eigenvalue weighted by atomic mass is 127. The first-order chi connectivity index (χ1) is 14.5. The minimum absolute atomic E-state index is 0.0913. The number of ether oxygens (including phenoxy) is 1. The number of esters is 1. The molecule has 1 aromatic carbocycles. The summed E-state index contributed by atoms with van der Waals surface area (Å²) in [5.74, 6) is -0.213. The first kappa shape index (κ1) is 23.0. The van der Waals surface area contributed by atoms with Crippen molar-refractivity contribution in [2.75, 3.05) is 30.7 Å². The predicted octanol–water partition coefficient (Wildman–Crippen LogP) is 3.57. The van der Waals surface area contributed by atoms with E-state index in [1.165, 1.54) is 0 Å². The van der Waals surface area contributed by atoms with E-state index in [9.17, 15) is 9.59 Å². The summed E-state index contributed by atoms with van der Waals surface area (Å²) >= 11 is 2.35. The number of benzene rings is 1. The van der Waals surface area contributed by atoms with Gasteiger partial charge in [0.1, 0.15) is 0 Å². The molecule has 1 aliphatic heterocycles. The van der Waals surface area contributed by atoms with Crippen LogP contribution in [0.25, 0.3) is 10.9 Å². The number of likely N-dealkylation sites (tertiary alicyclic amines) is 1. The van der Waals surface area contributed by atoms with E-state index in [-0.39, 0.29) is 24.0 Å². The van der Waals surface area contributed by atoms with E-state index in [1.54, 1.807) is 0 Å². The Morgan fingerprint density at radius 3 is 2.73 bits per heavy atom. The Morgan fingerprint density at radius 2 is 2.03 bits per heavy atom. The summed E-state index contributed by atoms with van der Waals surface area (Å²) < 4.78 is 7.87. The third-order valence-electron chi connectivity index (χ3n) is 5.55. The summed E-state index contributed by atoms with van der Waals surface area (Å²) in [6.07, 6.45) is 3.10. The molecule has 0 aliphatic carbocycles. The van der Waals surface area contributed by atoms with Crippen LogP contribution in [0.1, 0.15) is 56.1 Å². The molecule has 2 aromatic rings. The quantitative estimate of drug-likeness (QED) is 0.307. The van der Waals surface area contributed by atoms with Crippen LogP contribution in [0.5, 0.6) is 0 Å². The Kier molecular flexibility index (Phi) is 8.50. The zero-order valence-corrected chi connectivity index (χ0v) is 19.9. The third kappa shape index (κ3) is 5.72. The van der Waals surface area contributed by atoms with Crippen LogP contribution in [0, 0.1) is 0 Å². The van der Waals surface area contributed by atoms with Gasteiger partial charge >= 0.3 is 5.97 Å². The zero-order valence-electron chi connectivity index (χ0n) is 17.8. The number of nitrogens with zero attached hydrogens (tertiary/aromatic N) is 3. The lowest BCUT2D eigenvalue weighted by molar-refractivity contribution is -0.143. The molecule has 0 saturated carbocycles. The van der Waals surface area contributed by atoms with Crippen molar-refractivity contribution in [1.82, 2.24) is 20.0 Å². The number of alkyl halides is 1. The van der Waals surface area contributed by atoms with E-state index in [1.807, 2.05) is 35.9 Å². The van der Waals surface area contributed by atoms with Gasteiger partial charge in [0.25, 0.3) is 5.91 Å². The molecule has 1 fully saturated rings. The van der Waals surface area contributed by atoms with Crippen molar-refractivity contribution in [2.45, 2.75) is 51.6 Å². The molecule has 1 atom stereocenters. The van der Waals surface area contributed by atoms with Gasteiger partial charge in [-0.2, -0.15) is 5.10 Å². The minimum Gasteiger partial charge on any atom is -0.466 e. The number of carbonyl (C=O) groups excluding carboxylic acids is 2. The smallest absolute Gasteiger partial charge is 0.305 e. The van der Waals surface area contributed by atoms with Crippen molar-refractivity contribution < 1.29 is 14.3 Å². The molecule has 1 unspecified atom stereocenters. The number of rotatable bonds is 9. The van der Waals surface area contributed by atoms with Crippen LogP contribution >= 0.6 is 22.6 Å². The molecule has 1 aliphatic rings. The highest BCUT2D eigenvalue weighted by molar-refractivity contribution is 14.1. The van der Waals surface area contributed by atoms with Gasteiger partial charge in [-0.15, -0.1) is 0 Å². The van der Waals surface area contributed by atoms with Crippen molar-refractivity contribution in [2.24, 2.45) is 0 Å². The Balaban J connectivity index is 1.53. The normalized spacial score (nSPS) is 16.5. The van der Waals surface area contributed by atoms with E-state index >= 15 is 0 Å². The van der Waals surface area contributed by atoms with Crippen molar-refractivity contribution in [1.29, 1.82) is 0 Å². The van der Waals surface area contributed by atoms with E-state index in [2.05, 4.69) is 44.8 Å². The van der Waals surface area contributed by atoms with E-state index < -0.39 is 0 Å². The van der Waals surface area contributed by atoms with E-state index in [0.29, 0.717) is 18.7 Å². The van der Waals surface area contributed by atoms with Gasteiger partial charge in [0, 0.05) is 35.4 Å². The van der Waals surface area contributed by atoms with Crippen LogP contribution in [0.15, 0.2) is 24.3 Å². The molecule has 1 N–H and O–H groups in total.